The number of nitrogens with one attached hydrogen (secondary N) is 1. The van der Waals surface area contributed by atoms with Crippen LogP contribution in [-0.4, -0.2) is 4.98 Å². The first kappa shape index (κ1) is 13.1. The molecule has 96 valence electrons. The average molecular weight is 269 g/mol. The fourth-order valence-corrected chi connectivity index (χ4v) is 1.86. The summed E-state index contributed by atoms with van der Waals surface area (Å²) in [5.74, 6) is 1.17. The van der Waals surface area contributed by atoms with Gasteiger partial charge in [0.05, 0.1) is 12.7 Å². The highest BCUT2D eigenvalue weighted by atomic mass is 35.5. The summed E-state index contributed by atoms with van der Waals surface area (Å²) in [6, 6.07) is 4.46. The molecule has 1 heterocycles. The second kappa shape index (κ2) is 5.98. The maximum Gasteiger partial charge on any atom is 0.208 e. The molecule has 0 saturated heterocycles. The van der Waals surface area contributed by atoms with Gasteiger partial charge in [-0.1, -0.05) is 18.5 Å². The number of rotatable bonds is 5. The second-order valence-corrected chi connectivity index (χ2v) is 4.39. The Morgan fingerprint density at radius 3 is 2.83 bits per heavy atom. The van der Waals surface area contributed by atoms with Crippen LogP contribution in [0.1, 0.15) is 24.1 Å². The van der Waals surface area contributed by atoms with Gasteiger partial charge in [-0.15, -0.1) is 0 Å². The predicted octanol–water partition coefficient (Wildman–Crippen LogP) is 3.32. The van der Waals surface area contributed by atoms with Crippen molar-refractivity contribution < 1.29 is 8.81 Å². The van der Waals surface area contributed by atoms with E-state index in [2.05, 4.69) is 10.3 Å². The van der Waals surface area contributed by atoms with Gasteiger partial charge in [-0.3, -0.25) is 0 Å². The summed E-state index contributed by atoms with van der Waals surface area (Å²) in [5, 5.41) is 3.53. The minimum atomic E-state index is -0.330. The number of nitrogens with zero attached hydrogens (tertiary/aromatic N) is 1. The van der Waals surface area contributed by atoms with E-state index in [1.54, 1.807) is 12.3 Å². The third kappa shape index (κ3) is 3.55. The molecule has 18 heavy (non-hydrogen) atoms. The van der Waals surface area contributed by atoms with Crippen molar-refractivity contribution in [2.24, 2.45) is 0 Å². The molecule has 3 nitrogen and oxygen atoms in total. The molecule has 0 aliphatic rings. The van der Waals surface area contributed by atoms with Crippen molar-refractivity contribution in [2.45, 2.75) is 26.4 Å². The molecule has 1 aromatic carbocycles. The summed E-state index contributed by atoms with van der Waals surface area (Å²) < 4.78 is 18.5. The van der Waals surface area contributed by atoms with E-state index in [0.29, 0.717) is 24.0 Å². The number of aryl methyl sites for hydroxylation is 1. The first-order chi connectivity index (χ1) is 8.67. The van der Waals surface area contributed by atoms with Gasteiger partial charge < -0.3 is 9.73 Å². The maximum absolute atomic E-state index is 13.1. The first-order valence-electron chi connectivity index (χ1n) is 5.76. The third-order valence-corrected chi connectivity index (χ3v) is 2.70. The maximum atomic E-state index is 13.1. The van der Waals surface area contributed by atoms with Crippen LogP contribution in [0.5, 0.6) is 0 Å². The second-order valence-electron chi connectivity index (χ2n) is 3.96. The molecule has 0 amide bonds. The number of halogens is 2. The fourth-order valence-electron chi connectivity index (χ4n) is 1.62. The molecular weight excluding hydrogens is 255 g/mol. The molecule has 0 unspecified atom stereocenters. The van der Waals surface area contributed by atoms with Crippen LogP contribution in [-0.2, 0) is 19.5 Å². The van der Waals surface area contributed by atoms with Gasteiger partial charge in [-0.2, -0.15) is 0 Å². The molecule has 1 N–H and O–H groups in total. The number of aromatic nitrogens is 1. The highest BCUT2D eigenvalue weighted by Gasteiger charge is 2.03. The summed E-state index contributed by atoms with van der Waals surface area (Å²) in [4.78, 5) is 4.12. The van der Waals surface area contributed by atoms with Crippen LogP contribution >= 0.6 is 11.6 Å². The monoisotopic (exact) mass is 268 g/mol. The molecule has 5 heteroatoms. The molecular formula is C13H14ClFN2O. The molecule has 0 saturated carbocycles. The van der Waals surface area contributed by atoms with Gasteiger partial charge in [0.1, 0.15) is 11.6 Å². The Kier molecular flexibility index (Phi) is 4.33. The molecule has 0 bridgehead atoms. The van der Waals surface area contributed by atoms with E-state index < -0.39 is 0 Å². The summed E-state index contributed by atoms with van der Waals surface area (Å²) in [6.07, 6.45) is 2.54. The molecule has 0 aliphatic carbocycles. The van der Waals surface area contributed by atoms with E-state index in [-0.39, 0.29) is 5.82 Å². The lowest BCUT2D eigenvalue weighted by Gasteiger charge is -2.03. The lowest BCUT2D eigenvalue weighted by Crippen LogP contribution is -2.13. The van der Waals surface area contributed by atoms with Gasteiger partial charge in [0.15, 0.2) is 0 Å². The Morgan fingerprint density at radius 2 is 2.17 bits per heavy atom. The van der Waals surface area contributed by atoms with Gasteiger partial charge >= 0.3 is 0 Å². The smallest absolute Gasteiger partial charge is 0.208 e. The topological polar surface area (TPSA) is 38.1 Å². The third-order valence-electron chi connectivity index (χ3n) is 2.48. The number of oxazole rings is 1. The summed E-state index contributed by atoms with van der Waals surface area (Å²) in [6.45, 7) is 3.03. The zero-order valence-corrected chi connectivity index (χ0v) is 10.8. The Balaban J connectivity index is 1.88. The first-order valence-corrected chi connectivity index (χ1v) is 6.14. The Bertz CT molecular complexity index is 507. The summed E-state index contributed by atoms with van der Waals surface area (Å²) in [7, 11) is 0. The molecule has 0 fully saturated rings. The fraction of sp³-hybridized carbons (Fsp3) is 0.308. The molecule has 0 atom stereocenters. The van der Waals surface area contributed by atoms with E-state index in [0.717, 1.165) is 17.7 Å². The number of hydrogen-bond acceptors (Lipinski definition) is 3. The van der Waals surface area contributed by atoms with Crippen molar-refractivity contribution in [3.8, 4) is 0 Å². The van der Waals surface area contributed by atoms with Crippen LogP contribution < -0.4 is 5.32 Å². The minimum Gasteiger partial charge on any atom is -0.444 e. The van der Waals surface area contributed by atoms with Crippen LogP contribution in [0.15, 0.2) is 28.8 Å². The standard InChI is InChI=1S/C13H14ClFN2O/c1-2-12-7-17-13(18-12)8-16-6-9-3-10(14)5-11(15)4-9/h3-5,7,16H,2,6,8H2,1H3. The highest BCUT2D eigenvalue weighted by molar-refractivity contribution is 6.30. The Labute approximate surface area is 110 Å². The zero-order valence-electron chi connectivity index (χ0n) is 10.0. The molecule has 2 aromatic rings. The van der Waals surface area contributed by atoms with Gasteiger partial charge in [-0.05, 0) is 23.8 Å². The van der Waals surface area contributed by atoms with Crippen molar-refractivity contribution in [1.29, 1.82) is 0 Å². The molecule has 0 aliphatic heterocycles. The number of hydrogen-bond donors (Lipinski definition) is 1. The van der Waals surface area contributed by atoms with Gasteiger partial charge in [-0.25, -0.2) is 9.37 Å². The van der Waals surface area contributed by atoms with E-state index in [4.69, 9.17) is 16.0 Å². The van der Waals surface area contributed by atoms with Gasteiger partial charge in [0.2, 0.25) is 5.89 Å². The van der Waals surface area contributed by atoms with Crippen LogP contribution in [0.4, 0.5) is 4.39 Å². The Hall–Kier alpha value is -1.39. The molecule has 1 aromatic heterocycles. The quantitative estimate of drug-likeness (QED) is 0.904. The molecule has 0 spiro atoms. The Morgan fingerprint density at radius 1 is 1.33 bits per heavy atom. The van der Waals surface area contributed by atoms with Crippen LogP contribution in [0.2, 0.25) is 5.02 Å². The normalized spacial score (nSPS) is 10.8. The average Bonchev–Trinajstić information content (AvgIpc) is 2.76. The van der Waals surface area contributed by atoms with E-state index >= 15 is 0 Å². The largest absolute Gasteiger partial charge is 0.444 e. The van der Waals surface area contributed by atoms with Crippen molar-refractivity contribution in [1.82, 2.24) is 10.3 Å². The van der Waals surface area contributed by atoms with Crippen molar-refractivity contribution in [3.63, 3.8) is 0 Å². The minimum absolute atomic E-state index is 0.330. The van der Waals surface area contributed by atoms with Crippen molar-refractivity contribution in [2.75, 3.05) is 0 Å². The van der Waals surface area contributed by atoms with Gasteiger partial charge in [0.25, 0.3) is 0 Å². The predicted molar refractivity (Wildman–Crippen MR) is 67.8 cm³/mol. The van der Waals surface area contributed by atoms with Crippen molar-refractivity contribution in [3.05, 3.63) is 52.5 Å². The molecule has 2 rings (SSSR count). The van der Waals surface area contributed by atoms with E-state index in [1.165, 1.54) is 12.1 Å². The SMILES string of the molecule is CCc1cnc(CNCc2cc(F)cc(Cl)c2)o1. The van der Waals surface area contributed by atoms with Crippen LogP contribution in [0.3, 0.4) is 0 Å². The van der Waals surface area contributed by atoms with Gasteiger partial charge in [0, 0.05) is 18.0 Å². The summed E-state index contributed by atoms with van der Waals surface area (Å²) >= 11 is 5.77. The lowest BCUT2D eigenvalue weighted by molar-refractivity contribution is 0.439. The number of benzene rings is 1. The zero-order chi connectivity index (χ0) is 13.0. The van der Waals surface area contributed by atoms with Crippen molar-refractivity contribution >= 4 is 11.6 Å². The molecule has 0 radical (unpaired) electrons. The van der Waals surface area contributed by atoms with Crippen LogP contribution in [0.25, 0.3) is 0 Å². The van der Waals surface area contributed by atoms with E-state index in [1.807, 2.05) is 6.92 Å². The highest BCUT2D eigenvalue weighted by Crippen LogP contribution is 2.14. The van der Waals surface area contributed by atoms with Crippen LogP contribution in [0, 0.1) is 5.82 Å². The lowest BCUT2D eigenvalue weighted by atomic mass is 10.2. The summed E-state index contributed by atoms with van der Waals surface area (Å²) in [5.41, 5.74) is 0.794. The van der Waals surface area contributed by atoms with E-state index in [9.17, 15) is 4.39 Å².